The molecule has 4 heteroatoms. The average Bonchev–Trinajstić information content (AvgIpc) is 2.83. The van der Waals surface area contributed by atoms with Crippen LogP contribution in [0.2, 0.25) is 0 Å². The molecule has 1 aromatic carbocycles. The van der Waals surface area contributed by atoms with Gasteiger partial charge in [0, 0.05) is 6.54 Å². The standard InChI is InChI=1S/C19H23NO3/c1-4-9-16-17(21)20(13-19(16,12-5-2)18(22)23)14(3)15-10-7-6-8-11-15/h4-8,10-11,14,16H,1-2,9,12-13H2,3H3,(H,22,23)/t14-,16+,19-/m1/s1. The minimum absolute atomic E-state index is 0.120. The predicted molar refractivity (Wildman–Crippen MR) is 89.8 cm³/mol. The van der Waals surface area contributed by atoms with Crippen molar-refractivity contribution in [1.29, 1.82) is 0 Å². The molecule has 1 amide bonds. The summed E-state index contributed by atoms with van der Waals surface area (Å²) >= 11 is 0. The lowest BCUT2D eigenvalue weighted by atomic mass is 9.73. The molecule has 1 aromatic rings. The summed E-state index contributed by atoms with van der Waals surface area (Å²) in [5, 5.41) is 9.82. The first kappa shape index (κ1) is 17.0. The SMILES string of the molecule is C=CC[C@H]1C(=O)N([C@H](C)c2ccccc2)C[C@@]1(CC=C)C(=O)O. The van der Waals surface area contributed by atoms with Crippen LogP contribution in [0.15, 0.2) is 55.6 Å². The van der Waals surface area contributed by atoms with Crippen molar-refractivity contribution in [2.24, 2.45) is 11.3 Å². The van der Waals surface area contributed by atoms with E-state index in [4.69, 9.17) is 0 Å². The van der Waals surface area contributed by atoms with Crippen LogP contribution in [0.1, 0.15) is 31.4 Å². The summed E-state index contributed by atoms with van der Waals surface area (Å²) in [6.45, 7) is 9.49. The van der Waals surface area contributed by atoms with Gasteiger partial charge in [-0.3, -0.25) is 9.59 Å². The van der Waals surface area contributed by atoms with E-state index in [-0.39, 0.29) is 24.9 Å². The lowest BCUT2D eigenvalue weighted by Gasteiger charge is -2.28. The van der Waals surface area contributed by atoms with Gasteiger partial charge in [-0.2, -0.15) is 0 Å². The topological polar surface area (TPSA) is 57.6 Å². The van der Waals surface area contributed by atoms with Crippen molar-refractivity contribution in [2.45, 2.75) is 25.8 Å². The second-order valence-electron chi connectivity index (χ2n) is 6.08. The first-order chi connectivity index (χ1) is 11.0. The first-order valence-corrected chi connectivity index (χ1v) is 7.78. The van der Waals surface area contributed by atoms with Crippen molar-refractivity contribution in [2.75, 3.05) is 6.54 Å². The Morgan fingerprint density at radius 3 is 2.57 bits per heavy atom. The number of rotatable bonds is 7. The molecular formula is C19H23NO3. The van der Waals surface area contributed by atoms with Crippen LogP contribution in [0.5, 0.6) is 0 Å². The molecule has 0 aliphatic carbocycles. The molecule has 1 N–H and O–H groups in total. The average molecular weight is 313 g/mol. The predicted octanol–water partition coefficient (Wildman–Crippen LogP) is 3.43. The van der Waals surface area contributed by atoms with Crippen LogP contribution >= 0.6 is 0 Å². The Morgan fingerprint density at radius 1 is 1.39 bits per heavy atom. The van der Waals surface area contributed by atoms with Crippen molar-refractivity contribution >= 4 is 11.9 Å². The molecule has 0 radical (unpaired) electrons. The summed E-state index contributed by atoms with van der Waals surface area (Å²) < 4.78 is 0. The van der Waals surface area contributed by atoms with Crippen LogP contribution in [0, 0.1) is 11.3 Å². The normalized spacial score (nSPS) is 25.2. The number of nitrogens with zero attached hydrogens (tertiary/aromatic N) is 1. The molecule has 1 fully saturated rings. The Balaban J connectivity index is 2.40. The second-order valence-corrected chi connectivity index (χ2v) is 6.08. The molecule has 4 nitrogen and oxygen atoms in total. The summed E-state index contributed by atoms with van der Waals surface area (Å²) in [6.07, 6.45) is 3.84. The molecule has 0 saturated carbocycles. The van der Waals surface area contributed by atoms with Crippen LogP contribution in [0.4, 0.5) is 0 Å². The zero-order valence-electron chi connectivity index (χ0n) is 13.4. The van der Waals surface area contributed by atoms with Gasteiger partial charge in [0.1, 0.15) is 5.41 Å². The molecule has 1 aliphatic heterocycles. The van der Waals surface area contributed by atoms with E-state index in [0.717, 1.165) is 5.56 Å². The van der Waals surface area contributed by atoms with Gasteiger partial charge in [-0.05, 0) is 25.3 Å². The maximum atomic E-state index is 12.9. The van der Waals surface area contributed by atoms with Gasteiger partial charge in [0.2, 0.25) is 5.91 Å². The van der Waals surface area contributed by atoms with E-state index in [1.807, 2.05) is 37.3 Å². The summed E-state index contributed by atoms with van der Waals surface area (Å²) in [4.78, 5) is 26.6. The Hall–Kier alpha value is -2.36. The number of carboxylic acids is 1. The van der Waals surface area contributed by atoms with E-state index in [1.54, 1.807) is 17.1 Å². The quantitative estimate of drug-likeness (QED) is 0.785. The fraction of sp³-hybridized carbons (Fsp3) is 0.368. The molecule has 2 rings (SSSR count). The molecule has 1 heterocycles. The molecule has 0 aromatic heterocycles. The zero-order chi connectivity index (χ0) is 17.0. The largest absolute Gasteiger partial charge is 0.481 e. The maximum absolute atomic E-state index is 12.9. The Morgan fingerprint density at radius 2 is 2.04 bits per heavy atom. The molecule has 1 aliphatic rings. The smallest absolute Gasteiger partial charge is 0.312 e. The third kappa shape index (κ3) is 2.93. The maximum Gasteiger partial charge on any atom is 0.312 e. The van der Waals surface area contributed by atoms with Gasteiger partial charge >= 0.3 is 5.97 Å². The fourth-order valence-electron chi connectivity index (χ4n) is 3.43. The molecule has 3 atom stereocenters. The van der Waals surface area contributed by atoms with Crippen molar-refractivity contribution in [3.8, 4) is 0 Å². The van der Waals surface area contributed by atoms with Crippen molar-refractivity contribution in [3.63, 3.8) is 0 Å². The zero-order valence-corrected chi connectivity index (χ0v) is 13.4. The molecule has 0 unspecified atom stereocenters. The van der Waals surface area contributed by atoms with Gasteiger partial charge in [0.05, 0.1) is 12.0 Å². The number of aliphatic carboxylic acids is 1. The van der Waals surface area contributed by atoms with Gasteiger partial charge < -0.3 is 10.0 Å². The van der Waals surface area contributed by atoms with Crippen LogP contribution in [0.3, 0.4) is 0 Å². The number of hydrogen-bond acceptors (Lipinski definition) is 2. The third-order valence-electron chi connectivity index (χ3n) is 4.79. The highest BCUT2D eigenvalue weighted by Crippen LogP contribution is 2.45. The molecule has 0 spiro atoms. The van der Waals surface area contributed by atoms with E-state index >= 15 is 0 Å². The molecule has 1 saturated heterocycles. The van der Waals surface area contributed by atoms with Crippen LogP contribution in [-0.2, 0) is 9.59 Å². The summed E-state index contributed by atoms with van der Waals surface area (Å²) in [6, 6.07) is 9.50. The summed E-state index contributed by atoms with van der Waals surface area (Å²) in [7, 11) is 0. The summed E-state index contributed by atoms with van der Waals surface area (Å²) in [5.41, 5.74) is -0.131. The van der Waals surface area contributed by atoms with Crippen LogP contribution in [-0.4, -0.2) is 28.4 Å². The Labute approximate surface area is 137 Å². The fourth-order valence-corrected chi connectivity index (χ4v) is 3.43. The van der Waals surface area contributed by atoms with E-state index in [9.17, 15) is 14.7 Å². The molecule has 0 bridgehead atoms. The first-order valence-electron chi connectivity index (χ1n) is 7.78. The highest BCUT2D eigenvalue weighted by Gasteiger charge is 2.56. The molecule has 23 heavy (non-hydrogen) atoms. The third-order valence-corrected chi connectivity index (χ3v) is 4.79. The number of amides is 1. The van der Waals surface area contributed by atoms with Crippen molar-refractivity contribution < 1.29 is 14.7 Å². The van der Waals surface area contributed by atoms with Crippen LogP contribution < -0.4 is 0 Å². The number of likely N-dealkylation sites (tertiary alicyclic amines) is 1. The molecular weight excluding hydrogens is 290 g/mol. The minimum atomic E-state index is -1.13. The van der Waals surface area contributed by atoms with Crippen molar-refractivity contribution in [3.05, 3.63) is 61.2 Å². The number of carboxylic acid groups (broad SMARTS) is 1. The van der Waals surface area contributed by atoms with Gasteiger partial charge in [-0.1, -0.05) is 42.5 Å². The van der Waals surface area contributed by atoms with E-state index in [2.05, 4.69) is 13.2 Å². The van der Waals surface area contributed by atoms with E-state index in [1.165, 1.54) is 0 Å². The Bertz CT molecular complexity index is 610. The lowest BCUT2D eigenvalue weighted by Crippen LogP contribution is -2.39. The number of carbonyl (C=O) groups excluding carboxylic acids is 1. The molecule has 122 valence electrons. The van der Waals surface area contributed by atoms with Gasteiger partial charge in [-0.25, -0.2) is 0 Å². The lowest BCUT2D eigenvalue weighted by molar-refractivity contribution is -0.151. The van der Waals surface area contributed by atoms with Crippen molar-refractivity contribution in [1.82, 2.24) is 4.90 Å². The van der Waals surface area contributed by atoms with Gasteiger partial charge in [-0.15, -0.1) is 13.2 Å². The number of benzene rings is 1. The van der Waals surface area contributed by atoms with E-state index in [0.29, 0.717) is 6.42 Å². The highest BCUT2D eigenvalue weighted by molar-refractivity contribution is 5.91. The highest BCUT2D eigenvalue weighted by atomic mass is 16.4. The van der Waals surface area contributed by atoms with Crippen LogP contribution in [0.25, 0.3) is 0 Å². The number of carbonyl (C=O) groups is 2. The Kier molecular flexibility index (Phi) is 5.04. The van der Waals surface area contributed by atoms with Gasteiger partial charge in [0.15, 0.2) is 0 Å². The minimum Gasteiger partial charge on any atom is -0.481 e. The van der Waals surface area contributed by atoms with E-state index < -0.39 is 17.3 Å². The number of hydrogen-bond donors (Lipinski definition) is 1. The van der Waals surface area contributed by atoms with Gasteiger partial charge in [0.25, 0.3) is 0 Å². The summed E-state index contributed by atoms with van der Waals surface area (Å²) in [5.74, 6) is -1.66. The second kappa shape index (κ2) is 6.82. The monoisotopic (exact) mass is 313 g/mol. The number of allylic oxidation sites excluding steroid dienone is 2.